The SMILES string of the molecule is N#Cc1ccc2nc(CCc3ccc(F)cc3)[nH]c2c1. The van der Waals surface area contributed by atoms with E-state index in [4.69, 9.17) is 5.26 Å². The molecule has 0 saturated heterocycles. The molecule has 98 valence electrons. The van der Waals surface area contributed by atoms with Crippen LogP contribution in [0, 0.1) is 17.1 Å². The maximum atomic E-state index is 12.8. The molecule has 0 saturated carbocycles. The number of fused-ring (bicyclic) bond motifs is 1. The average molecular weight is 265 g/mol. The molecular weight excluding hydrogens is 253 g/mol. The number of nitrogens with one attached hydrogen (secondary N) is 1. The lowest BCUT2D eigenvalue weighted by Gasteiger charge is -1.98. The number of hydrogen-bond donors (Lipinski definition) is 1. The van der Waals surface area contributed by atoms with Gasteiger partial charge in [-0.2, -0.15) is 5.26 Å². The van der Waals surface area contributed by atoms with Crippen LogP contribution in [-0.2, 0) is 12.8 Å². The zero-order chi connectivity index (χ0) is 13.9. The van der Waals surface area contributed by atoms with Crippen molar-refractivity contribution >= 4 is 11.0 Å². The summed E-state index contributed by atoms with van der Waals surface area (Å²) < 4.78 is 12.8. The summed E-state index contributed by atoms with van der Waals surface area (Å²) in [5, 5.41) is 8.86. The Labute approximate surface area is 115 Å². The Balaban J connectivity index is 1.77. The van der Waals surface area contributed by atoms with Crippen molar-refractivity contribution in [2.45, 2.75) is 12.8 Å². The van der Waals surface area contributed by atoms with Gasteiger partial charge in [-0.3, -0.25) is 0 Å². The number of nitrogens with zero attached hydrogens (tertiary/aromatic N) is 2. The summed E-state index contributed by atoms with van der Waals surface area (Å²) in [6.07, 6.45) is 1.55. The molecule has 0 unspecified atom stereocenters. The fourth-order valence-corrected chi connectivity index (χ4v) is 2.16. The highest BCUT2D eigenvalue weighted by molar-refractivity contribution is 5.76. The predicted octanol–water partition coefficient (Wildman–Crippen LogP) is 3.36. The molecule has 0 aliphatic rings. The number of hydrogen-bond acceptors (Lipinski definition) is 2. The van der Waals surface area contributed by atoms with Crippen molar-refractivity contribution in [1.29, 1.82) is 5.26 Å². The van der Waals surface area contributed by atoms with E-state index in [1.54, 1.807) is 24.3 Å². The minimum Gasteiger partial charge on any atom is -0.342 e. The Bertz CT molecular complexity index is 782. The third kappa shape index (κ3) is 2.52. The topological polar surface area (TPSA) is 52.5 Å². The van der Waals surface area contributed by atoms with Gasteiger partial charge in [-0.25, -0.2) is 9.37 Å². The highest BCUT2D eigenvalue weighted by Crippen LogP contribution is 2.15. The number of benzene rings is 2. The maximum absolute atomic E-state index is 12.8. The Morgan fingerprint density at radius 2 is 1.90 bits per heavy atom. The maximum Gasteiger partial charge on any atom is 0.123 e. The van der Waals surface area contributed by atoms with Crippen molar-refractivity contribution < 1.29 is 4.39 Å². The molecule has 0 atom stereocenters. The molecule has 0 aliphatic carbocycles. The van der Waals surface area contributed by atoms with Crippen LogP contribution >= 0.6 is 0 Å². The van der Waals surface area contributed by atoms with Gasteiger partial charge in [-0.1, -0.05) is 12.1 Å². The lowest BCUT2D eigenvalue weighted by Crippen LogP contribution is -1.93. The van der Waals surface area contributed by atoms with E-state index in [0.717, 1.165) is 35.3 Å². The largest absolute Gasteiger partial charge is 0.342 e. The summed E-state index contributed by atoms with van der Waals surface area (Å²) >= 11 is 0. The van der Waals surface area contributed by atoms with E-state index in [0.29, 0.717) is 5.56 Å². The Morgan fingerprint density at radius 1 is 1.10 bits per heavy atom. The van der Waals surface area contributed by atoms with Crippen LogP contribution in [0.2, 0.25) is 0 Å². The summed E-state index contributed by atoms with van der Waals surface area (Å²) in [4.78, 5) is 7.70. The van der Waals surface area contributed by atoms with E-state index >= 15 is 0 Å². The molecule has 1 heterocycles. The summed E-state index contributed by atoms with van der Waals surface area (Å²) in [6.45, 7) is 0. The molecule has 2 aromatic carbocycles. The highest BCUT2D eigenvalue weighted by Gasteiger charge is 2.04. The average Bonchev–Trinajstić information content (AvgIpc) is 2.88. The molecule has 20 heavy (non-hydrogen) atoms. The van der Waals surface area contributed by atoms with Crippen molar-refractivity contribution in [2.24, 2.45) is 0 Å². The van der Waals surface area contributed by atoms with Gasteiger partial charge in [0.2, 0.25) is 0 Å². The molecule has 3 aromatic rings. The zero-order valence-electron chi connectivity index (χ0n) is 10.7. The van der Waals surface area contributed by atoms with E-state index in [9.17, 15) is 4.39 Å². The van der Waals surface area contributed by atoms with Gasteiger partial charge in [-0.05, 0) is 42.3 Å². The van der Waals surface area contributed by atoms with Gasteiger partial charge in [0.15, 0.2) is 0 Å². The van der Waals surface area contributed by atoms with Crippen molar-refractivity contribution in [1.82, 2.24) is 9.97 Å². The fourth-order valence-electron chi connectivity index (χ4n) is 2.16. The second-order valence-corrected chi connectivity index (χ2v) is 4.65. The number of H-pyrrole nitrogens is 1. The predicted molar refractivity (Wildman–Crippen MR) is 74.6 cm³/mol. The van der Waals surface area contributed by atoms with Gasteiger partial charge in [0.25, 0.3) is 0 Å². The molecule has 4 heteroatoms. The number of rotatable bonds is 3. The number of aromatic nitrogens is 2. The van der Waals surface area contributed by atoms with Gasteiger partial charge in [0.05, 0.1) is 22.7 Å². The summed E-state index contributed by atoms with van der Waals surface area (Å²) in [5.74, 6) is 0.654. The number of halogens is 1. The molecule has 3 nitrogen and oxygen atoms in total. The molecule has 1 aromatic heterocycles. The van der Waals surface area contributed by atoms with E-state index < -0.39 is 0 Å². The Morgan fingerprint density at radius 3 is 2.65 bits per heavy atom. The third-order valence-electron chi connectivity index (χ3n) is 3.22. The Kier molecular flexibility index (Phi) is 3.18. The van der Waals surface area contributed by atoms with E-state index in [1.165, 1.54) is 12.1 Å². The van der Waals surface area contributed by atoms with E-state index in [2.05, 4.69) is 16.0 Å². The number of imidazole rings is 1. The van der Waals surface area contributed by atoms with Crippen molar-refractivity contribution in [3.8, 4) is 6.07 Å². The van der Waals surface area contributed by atoms with Gasteiger partial charge >= 0.3 is 0 Å². The fraction of sp³-hybridized carbons (Fsp3) is 0.125. The monoisotopic (exact) mass is 265 g/mol. The first kappa shape index (κ1) is 12.4. The molecule has 0 fully saturated rings. The van der Waals surface area contributed by atoms with Gasteiger partial charge in [0, 0.05) is 6.42 Å². The summed E-state index contributed by atoms with van der Waals surface area (Å²) in [5.41, 5.74) is 3.42. The van der Waals surface area contributed by atoms with Crippen LogP contribution < -0.4 is 0 Å². The number of aromatic amines is 1. The van der Waals surface area contributed by atoms with Crippen LogP contribution in [0.25, 0.3) is 11.0 Å². The summed E-state index contributed by atoms with van der Waals surface area (Å²) in [6, 6.07) is 14.0. The van der Waals surface area contributed by atoms with Gasteiger partial charge in [-0.15, -0.1) is 0 Å². The molecule has 1 N–H and O–H groups in total. The van der Waals surface area contributed by atoms with Crippen LogP contribution in [-0.4, -0.2) is 9.97 Å². The molecular formula is C16H12FN3. The number of nitriles is 1. The first-order valence-corrected chi connectivity index (χ1v) is 6.38. The van der Waals surface area contributed by atoms with Crippen LogP contribution in [0.4, 0.5) is 4.39 Å². The zero-order valence-corrected chi connectivity index (χ0v) is 10.7. The minimum atomic E-state index is -0.221. The quantitative estimate of drug-likeness (QED) is 0.789. The molecule has 3 rings (SSSR count). The summed E-state index contributed by atoms with van der Waals surface area (Å²) in [7, 11) is 0. The van der Waals surface area contributed by atoms with Crippen LogP contribution in [0.3, 0.4) is 0 Å². The van der Waals surface area contributed by atoms with Crippen molar-refractivity contribution in [3.05, 3.63) is 65.2 Å². The smallest absolute Gasteiger partial charge is 0.123 e. The van der Waals surface area contributed by atoms with Gasteiger partial charge < -0.3 is 4.98 Å². The van der Waals surface area contributed by atoms with Crippen molar-refractivity contribution in [3.63, 3.8) is 0 Å². The van der Waals surface area contributed by atoms with Crippen LogP contribution in [0.15, 0.2) is 42.5 Å². The van der Waals surface area contributed by atoms with Crippen LogP contribution in [0.5, 0.6) is 0 Å². The minimum absolute atomic E-state index is 0.221. The molecule has 0 spiro atoms. The lowest BCUT2D eigenvalue weighted by molar-refractivity contribution is 0.627. The normalized spacial score (nSPS) is 10.6. The number of aryl methyl sites for hydroxylation is 2. The molecule has 0 aliphatic heterocycles. The third-order valence-corrected chi connectivity index (χ3v) is 3.22. The standard InChI is InChI=1S/C16H12FN3/c17-13-5-1-11(2-6-13)4-8-16-19-14-7-3-12(10-18)9-15(14)20-16/h1-3,5-7,9H,4,8H2,(H,19,20). The van der Waals surface area contributed by atoms with Crippen LogP contribution in [0.1, 0.15) is 17.0 Å². The Hall–Kier alpha value is -2.67. The second kappa shape index (κ2) is 5.14. The lowest BCUT2D eigenvalue weighted by atomic mass is 10.1. The second-order valence-electron chi connectivity index (χ2n) is 4.65. The molecule has 0 amide bonds. The molecule has 0 bridgehead atoms. The first-order chi connectivity index (χ1) is 9.74. The first-order valence-electron chi connectivity index (χ1n) is 6.38. The van der Waals surface area contributed by atoms with Crippen molar-refractivity contribution in [2.75, 3.05) is 0 Å². The van der Waals surface area contributed by atoms with E-state index in [1.807, 2.05) is 6.07 Å². The van der Waals surface area contributed by atoms with E-state index in [-0.39, 0.29) is 5.82 Å². The molecule has 0 radical (unpaired) electrons. The van der Waals surface area contributed by atoms with Gasteiger partial charge in [0.1, 0.15) is 11.6 Å². The highest BCUT2D eigenvalue weighted by atomic mass is 19.1.